The number of nitriles is 1. The van der Waals surface area contributed by atoms with Crippen LogP contribution in [0.5, 0.6) is 11.5 Å². The fraction of sp³-hybridized carbons (Fsp3) is 0.462. The molecule has 1 aromatic rings. The number of rotatable bonds is 3. The number of likely N-dealkylation sites (N-methyl/N-ethyl adjacent to an activating group) is 1. The molecule has 0 aromatic heterocycles. The number of hydrogen-bond acceptors (Lipinski definition) is 4. The van der Waals surface area contributed by atoms with Crippen LogP contribution in [0.25, 0.3) is 0 Å². The highest BCUT2D eigenvalue weighted by molar-refractivity contribution is 5.46. The van der Waals surface area contributed by atoms with Gasteiger partial charge in [0.15, 0.2) is 11.5 Å². The molecule has 1 aliphatic heterocycles. The van der Waals surface area contributed by atoms with E-state index in [2.05, 4.69) is 18.0 Å². The molecule has 0 N–H and O–H groups in total. The first-order valence-corrected chi connectivity index (χ1v) is 5.66. The summed E-state index contributed by atoms with van der Waals surface area (Å²) in [5, 5.41) is 8.87. The van der Waals surface area contributed by atoms with Crippen molar-refractivity contribution in [3.05, 3.63) is 23.8 Å². The third kappa shape index (κ3) is 2.69. The molecule has 1 aromatic carbocycles. The second kappa shape index (κ2) is 5.07. The van der Waals surface area contributed by atoms with Gasteiger partial charge in [0.1, 0.15) is 6.10 Å². The van der Waals surface area contributed by atoms with Crippen LogP contribution in [0, 0.1) is 11.3 Å². The highest BCUT2D eigenvalue weighted by Crippen LogP contribution is 2.30. The highest BCUT2D eigenvalue weighted by atomic mass is 16.5. The largest absolute Gasteiger partial charge is 0.493 e. The second-order valence-electron chi connectivity index (χ2n) is 4.27. The lowest BCUT2D eigenvalue weighted by Gasteiger charge is -2.16. The molecule has 1 fully saturated rings. The minimum absolute atomic E-state index is 0.183. The van der Waals surface area contributed by atoms with Gasteiger partial charge in [0.05, 0.1) is 18.7 Å². The molecule has 0 bridgehead atoms. The Labute approximate surface area is 101 Å². The SMILES string of the molecule is COc1ccc(C#N)cc1OC1CCN(C)C1. The average Bonchev–Trinajstić information content (AvgIpc) is 2.74. The number of benzene rings is 1. The molecule has 0 saturated carbocycles. The second-order valence-corrected chi connectivity index (χ2v) is 4.27. The van der Waals surface area contributed by atoms with Gasteiger partial charge in [-0.15, -0.1) is 0 Å². The topological polar surface area (TPSA) is 45.5 Å². The van der Waals surface area contributed by atoms with Gasteiger partial charge in [-0.2, -0.15) is 5.26 Å². The fourth-order valence-corrected chi connectivity index (χ4v) is 2.01. The molecule has 1 saturated heterocycles. The smallest absolute Gasteiger partial charge is 0.162 e. The molecule has 0 spiro atoms. The lowest BCUT2D eigenvalue weighted by Crippen LogP contribution is -2.21. The first-order chi connectivity index (χ1) is 8.22. The molecule has 1 atom stereocenters. The van der Waals surface area contributed by atoms with Crippen LogP contribution >= 0.6 is 0 Å². The minimum atomic E-state index is 0.183. The van der Waals surface area contributed by atoms with Crippen LogP contribution in [0.2, 0.25) is 0 Å². The van der Waals surface area contributed by atoms with Crippen molar-refractivity contribution in [3.63, 3.8) is 0 Å². The monoisotopic (exact) mass is 232 g/mol. The molecule has 4 nitrogen and oxygen atoms in total. The summed E-state index contributed by atoms with van der Waals surface area (Å²) >= 11 is 0. The summed E-state index contributed by atoms with van der Waals surface area (Å²) in [4.78, 5) is 2.23. The van der Waals surface area contributed by atoms with Crippen LogP contribution in [0.15, 0.2) is 18.2 Å². The Hall–Kier alpha value is -1.73. The van der Waals surface area contributed by atoms with Gasteiger partial charge < -0.3 is 14.4 Å². The van der Waals surface area contributed by atoms with Crippen LogP contribution < -0.4 is 9.47 Å². The Balaban J connectivity index is 2.16. The summed E-state index contributed by atoms with van der Waals surface area (Å²) in [6.07, 6.45) is 1.19. The summed E-state index contributed by atoms with van der Waals surface area (Å²) in [6.45, 7) is 1.96. The Morgan fingerprint density at radius 1 is 1.41 bits per heavy atom. The molecule has 0 radical (unpaired) electrons. The van der Waals surface area contributed by atoms with Gasteiger partial charge >= 0.3 is 0 Å². The molecule has 90 valence electrons. The quantitative estimate of drug-likeness (QED) is 0.795. The standard InChI is InChI=1S/C13H16N2O2/c1-15-6-5-11(9-15)17-13-7-10(8-14)3-4-12(13)16-2/h3-4,7,11H,5-6,9H2,1-2H3. The summed E-state index contributed by atoms with van der Waals surface area (Å²) in [7, 11) is 3.68. The van der Waals surface area contributed by atoms with Gasteiger partial charge in [-0.3, -0.25) is 0 Å². The minimum Gasteiger partial charge on any atom is -0.493 e. The Morgan fingerprint density at radius 3 is 2.82 bits per heavy atom. The molecular formula is C13H16N2O2. The molecule has 4 heteroatoms. The summed E-state index contributed by atoms with van der Waals surface area (Å²) in [5.41, 5.74) is 0.590. The Bertz CT molecular complexity index is 440. The van der Waals surface area contributed by atoms with E-state index >= 15 is 0 Å². The number of ether oxygens (including phenoxy) is 2. The van der Waals surface area contributed by atoms with E-state index in [9.17, 15) is 0 Å². The average molecular weight is 232 g/mol. The van der Waals surface area contributed by atoms with Crippen molar-refractivity contribution in [1.29, 1.82) is 5.26 Å². The van der Waals surface area contributed by atoms with Crippen molar-refractivity contribution in [1.82, 2.24) is 4.90 Å². The molecule has 1 aliphatic rings. The normalized spacial score (nSPS) is 19.9. The maximum atomic E-state index is 8.87. The molecule has 1 heterocycles. The van der Waals surface area contributed by atoms with Crippen molar-refractivity contribution in [2.24, 2.45) is 0 Å². The zero-order valence-corrected chi connectivity index (χ0v) is 10.1. The molecule has 1 unspecified atom stereocenters. The van der Waals surface area contributed by atoms with Gasteiger partial charge in [-0.05, 0) is 25.6 Å². The molecule has 0 amide bonds. The van der Waals surface area contributed by atoms with E-state index in [0.29, 0.717) is 17.1 Å². The maximum Gasteiger partial charge on any atom is 0.162 e. The van der Waals surface area contributed by atoms with E-state index in [1.54, 1.807) is 25.3 Å². The van der Waals surface area contributed by atoms with Gasteiger partial charge in [0, 0.05) is 19.2 Å². The third-order valence-corrected chi connectivity index (χ3v) is 2.93. The van der Waals surface area contributed by atoms with Crippen molar-refractivity contribution < 1.29 is 9.47 Å². The van der Waals surface area contributed by atoms with Gasteiger partial charge in [-0.1, -0.05) is 0 Å². The predicted molar refractivity (Wildman–Crippen MR) is 64.2 cm³/mol. The number of methoxy groups -OCH3 is 1. The third-order valence-electron chi connectivity index (χ3n) is 2.93. The number of likely N-dealkylation sites (tertiary alicyclic amines) is 1. The Kier molecular flexibility index (Phi) is 3.50. The van der Waals surface area contributed by atoms with E-state index in [1.807, 2.05) is 0 Å². The van der Waals surface area contributed by atoms with Crippen molar-refractivity contribution in [2.75, 3.05) is 27.2 Å². The molecule has 17 heavy (non-hydrogen) atoms. The molecule has 0 aliphatic carbocycles. The molecular weight excluding hydrogens is 216 g/mol. The van der Waals surface area contributed by atoms with Crippen LogP contribution in [0.1, 0.15) is 12.0 Å². The lowest BCUT2D eigenvalue weighted by atomic mass is 10.2. The first kappa shape index (κ1) is 11.7. The van der Waals surface area contributed by atoms with Gasteiger partial charge in [0.2, 0.25) is 0 Å². The van der Waals surface area contributed by atoms with E-state index in [0.717, 1.165) is 19.5 Å². The Morgan fingerprint density at radius 2 is 2.24 bits per heavy atom. The first-order valence-electron chi connectivity index (χ1n) is 5.66. The zero-order chi connectivity index (χ0) is 12.3. The fourth-order valence-electron chi connectivity index (χ4n) is 2.01. The van der Waals surface area contributed by atoms with E-state index in [1.165, 1.54) is 0 Å². The van der Waals surface area contributed by atoms with Crippen molar-refractivity contribution in [3.8, 4) is 17.6 Å². The van der Waals surface area contributed by atoms with E-state index < -0.39 is 0 Å². The van der Waals surface area contributed by atoms with Crippen LogP contribution in [0.4, 0.5) is 0 Å². The summed E-state index contributed by atoms with van der Waals surface area (Å²) in [5.74, 6) is 1.34. The molecule has 2 rings (SSSR count). The van der Waals surface area contributed by atoms with E-state index in [-0.39, 0.29) is 6.10 Å². The van der Waals surface area contributed by atoms with Crippen molar-refractivity contribution in [2.45, 2.75) is 12.5 Å². The van der Waals surface area contributed by atoms with Gasteiger partial charge in [-0.25, -0.2) is 0 Å². The summed E-state index contributed by atoms with van der Waals surface area (Å²) in [6, 6.07) is 7.34. The zero-order valence-electron chi connectivity index (χ0n) is 10.1. The summed E-state index contributed by atoms with van der Waals surface area (Å²) < 4.78 is 11.1. The predicted octanol–water partition coefficient (Wildman–Crippen LogP) is 1.65. The van der Waals surface area contributed by atoms with Gasteiger partial charge in [0.25, 0.3) is 0 Å². The van der Waals surface area contributed by atoms with Crippen LogP contribution in [0.3, 0.4) is 0 Å². The van der Waals surface area contributed by atoms with Crippen molar-refractivity contribution >= 4 is 0 Å². The van der Waals surface area contributed by atoms with Crippen LogP contribution in [-0.4, -0.2) is 38.3 Å². The van der Waals surface area contributed by atoms with E-state index in [4.69, 9.17) is 14.7 Å². The highest BCUT2D eigenvalue weighted by Gasteiger charge is 2.22. The maximum absolute atomic E-state index is 8.87. The lowest BCUT2D eigenvalue weighted by molar-refractivity contribution is 0.199. The number of nitrogens with zero attached hydrogens (tertiary/aromatic N) is 2. The van der Waals surface area contributed by atoms with Crippen LogP contribution in [-0.2, 0) is 0 Å². The number of hydrogen-bond donors (Lipinski definition) is 0.